The van der Waals surface area contributed by atoms with Crippen LogP contribution in [0.1, 0.15) is 64.2 Å². The third-order valence-electron chi connectivity index (χ3n) is 4.19. The highest BCUT2D eigenvalue weighted by molar-refractivity contribution is 5.70. The minimum Gasteiger partial charge on any atom is -0.481 e. The van der Waals surface area contributed by atoms with E-state index in [2.05, 4.69) is 11.8 Å². The summed E-state index contributed by atoms with van der Waals surface area (Å²) in [7, 11) is 0. The van der Waals surface area contributed by atoms with Crippen LogP contribution in [0.4, 0.5) is 0 Å². The lowest BCUT2D eigenvalue weighted by molar-refractivity contribution is -0.143. The molecule has 2 aliphatic carbocycles. The van der Waals surface area contributed by atoms with E-state index >= 15 is 0 Å². The predicted molar refractivity (Wildman–Crippen MR) is 90.4 cm³/mol. The van der Waals surface area contributed by atoms with Gasteiger partial charge in [0, 0.05) is 0 Å². The number of rotatable bonds is 2. The summed E-state index contributed by atoms with van der Waals surface area (Å²) in [4.78, 5) is 20.7. The molecule has 2 saturated carbocycles. The number of hydrogen-bond donors (Lipinski definition) is 4. The van der Waals surface area contributed by atoms with Gasteiger partial charge in [-0.2, -0.15) is 0 Å². The van der Waals surface area contributed by atoms with Gasteiger partial charge in [-0.15, -0.1) is 0 Å². The highest BCUT2D eigenvalue weighted by Crippen LogP contribution is 2.23. The molecule has 0 saturated heterocycles. The molecule has 0 aromatic rings. The van der Waals surface area contributed by atoms with Gasteiger partial charge < -0.3 is 20.4 Å². The molecular formula is C18H30O6. The first-order valence-corrected chi connectivity index (χ1v) is 8.66. The first kappa shape index (κ1) is 22.4. The van der Waals surface area contributed by atoms with E-state index < -0.39 is 11.9 Å². The summed E-state index contributed by atoms with van der Waals surface area (Å²) in [6, 6.07) is 0. The molecule has 6 nitrogen and oxygen atoms in total. The van der Waals surface area contributed by atoms with Crippen molar-refractivity contribution in [2.45, 2.75) is 64.2 Å². The van der Waals surface area contributed by atoms with Gasteiger partial charge in [0.2, 0.25) is 0 Å². The van der Waals surface area contributed by atoms with Crippen molar-refractivity contribution in [3.05, 3.63) is 0 Å². The van der Waals surface area contributed by atoms with Crippen LogP contribution in [-0.4, -0.2) is 45.6 Å². The number of hydrogen-bond acceptors (Lipinski definition) is 4. The summed E-state index contributed by atoms with van der Waals surface area (Å²) in [6.45, 7) is -0.332. The highest BCUT2D eigenvalue weighted by Gasteiger charge is 2.20. The number of carboxylic acids is 2. The van der Waals surface area contributed by atoms with Crippen LogP contribution >= 0.6 is 0 Å². The number of aliphatic hydroxyl groups excluding tert-OH is 2. The Morgan fingerprint density at radius 3 is 1.12 bits per heavy atom. The van der Waals surface area contributed by atoms with Crippen molar-refractivity contribution in [3.8, 4) is 11.8 Å². The molecule has 0 atom stereocenters. The molecule has 0 aromatic heterocycles. The van der Waals surface area contributed by atoms with E-state index in [1.807, 2.05) is 0 Å². The molecule has 0 amide bonds. The minimum atomic E-state index is -0.602. The van der Waals surface area contributed by atoms with Gasteiger partial charge in [-0.25, -0.2) is 0 Å². The molecule has 0 radical (unpaired) electrons. The Kier molecular flexibility index (Phi) is 14.0. The van der Waals surface area contributed by atoms with Crippen LogP contribution in [0.3, 0.4) is 0 Å². The van der Waals surface area contributed by atoms with Crippen LogP contribution < -0.4 is 0 Å². The zero-order chi connectivity index (χ0) is 18.2. The first-order chi connectivity index (χ1) is 11.5. The Morgan fingerprint density at radius 2 is 0.958 bits per heavy atom. The fraction of sp³-hybridized carbons (Fsp3) is 0.778. The fourth-order valence-corrected chi connectivity index (χ4v) is 2.81. The van der Waals surface area contributed by atoms with E-state index in [-0.39, 0.29) is 25.0 Å². The standard InChI is InChI=1S/2C7H12O2.C4H6O2/c2*8-7(9)6-4-2-1-3-5-6;5-3-1-2-4-6/h2*6H,1-5H2,(H,8,9);5-6H,3-4H2. The van der Waals surface area contributed by atoms with Crippen molar-refractivity contribution in [2.24, 2.45) is 11.8 Å². The molecule has 2 aliphatic rings. The van der Waals surface area contributed by atoms with E-state index in [4.69, 9.17) is 20.4 Å². The zero-order valence-electron chi connectivity index (χ0n) is 14.2. The van der Waals surface area contributed by atoms with Gasteiger partial charge in [-0.3, -0.25) is 9.59 Å². The molecule has 0 bridgehead atoms. The second-order valence-corrected chi connectivity index (χ2v) is 6.02. The lowest BCUT2D eigenvalue weighted by Crippen LogP contribution is -2.16. The smallest absolute Gasteiger partial charge is 0.306 e. The SMILES string of the molecule is O=C(O)C1CCCCC1.O=C(O)C1CCCCC1.OCC#CCO. The van der Waals surface area contributed by atoms with E-state index in [9.17, 15) is 9.59 Å². The van der Waals surface area contributed by atoms with Crippen molar-refractivity contribution in [1.82, 2.24) is 0 Å². The second-order valence-electron chi connectivity index (χ2n) is 6.02. The Morgan fingerprint density at radius 1 is 0.667 bits per heavy atom. The maximum absolute atomic E-state index is 10.4. The molecule has 2 rings (SSSR count). The summed E-state index contributed by atoms with van der Waals surface area (Å²) >= 11 is 0. The van der Waals surface area contributed by atoms with E-state index in [0.29, 0.717) is 0 Å². The largest absolute Gasteiger partial charge is 0.481 e. The fourth-order valence-electron chi connectivity index (χ4n) is 2.81. The molecular weight excluding hydrogens is 312 g/mol. The van der Waals surface area contributed by atoms with Crippen LogP contribution in [0.15, 0.2) is 0 Å². The summed E-state index contributed by atoms with van der Waals surface area (Å²) < 4.78 is 0. The number of carbonyl (C=O) groups is 2. The van der Waals surface area contributed by atoms with Crippen molar-refractivity contribution in [1.29, 1.82) is 0 Å². The van der Waals surface area contributed by atoms with Crippen molar-refractivity contribution in [2.75, 3.05) is 13.2 Å². The van der Waals surface area contributed by atoms with E-state index in [1.165, 1.54) is 12.8 Å². The molecule has 138 valence electrons. The van der Waals surface area contributed by atoms with Gasteiger partial charge >= 0.3 is 11.9 Å². The molecule has 2 fully saturated rings. The molecule has 0 aromatic carbocycles. The molecule has 0 aliphatic heterocycles. The Labute approximate surface area is 143 Å². The lowest BCUT2D eigenvalue weighted by atomic mass is 9.90. The summed E-state index contributed by atoms with van der Waals surface area (Å²) in [6.07, 6.45) is 10.5. The molecule has 0 spiro atoms. The Balaban J connectivity index is 0.000000340. The van der Waals surface area contributed by atoms with Crippen LogP contribution in [0.5, 0.6) is 0 Å². The summed E-state index contributed by atoms with van der Waals surface area (Å²) in [5.74, 6) is 3.24. The maximum atomic E-state index is 10.4. The topological polar surface area (TPSA) is 115 Å². The van der Waals surface area contributed by atoms with E-state index in [1.54, 1.807) is 0 Å². The van der Waals surface area contributed by atoms with Crippen molar-refractivity contribution < 1.29 is 30.0 Å². The van der Waals surface area contributed by atoms with Gasteiger partial charge in [-0.1, -0.05) is 50.4 Å². The molecule has 0 heterocycles. The molecule has 4 N–H and O–H groups in total. The number of aliphatic hydroxyl groups is 2. The van der Waals surface area contributed by atoms with Gasteiger partial charge in [0.1, 0.15) is 13.2 Å². The minimum absolute atomic E-state index is 0.0289. The Bertz CT molecular complexity index is 361. The summed E-state index contributed by atoms with van der Waals surface area (Å²) in [5.41, 5.74) is 0. The normalized spacial score (nSPS) is 17.9. The highest BCUT2D eigenvalue weighted by atomic mass is 16.4. The second kappa shape index (κ2) is 15.0. The molecule has 24 heavy (non-hydrogen) atoms. The third-order valence-corrected chi connectivity index (χ3v) is 4.19. The Hall–Kier alpha value is -1.58. The van der Waals surface area contributed by atoms with Gasteiger partial charge in [-0.05, 0) is 25.7 Å². The molecule has 6 heteroatoms. The van der Waals surface area contributed by atoms with Crippen LogP contribution in [0.25, 0.3) is 0 Å². The number of aliphatic carboxylic acids is 2. The quantitative estimate of drug-likeness (QED) is 0.572. The molecule has 0 unspecified atom stereocenters. The monoisotopic (exact) mass is 342 g/mol. The van der Waals surface area contributed by atoms with Crippen LogP contribution in [0, 0.1) is 23.7 Å². The van der Waals surface area contributed by atoms with Crippen LogP contribution in [0.2, 0.25) is 0 Å². The van der Waals surface area contributed by atoms with Gasteiger partial charge in [0.25, 0.3) is 0 Å². The lowest BCUT2D eigenvalue weighted by Gasteiger charge is -2.16. The average Bonchev–Trinajstić information content (AvgIpc) is 2.62. The third kappa shape index (κ3) is 11.9. The zero-order valence-corrected chi connectivity index (χ0v) is 14.2. The van der Waals surface area contributed by atoms with Gasteiger partial charge in [0.15, 0.2) is 0 Å². The van der Waals surface area contributed by atoms with Crippen molar-refractivity contribution in [3.63, 3.8) is 0 Å². The van der Waals surface area contributed by atoms with Gasteiger partial charge in [0.05, 0.1) is 11.8 Å². The first-order valence-electron chi connectivity index (χ1n) is 8.66. The van der Waals surface area contributed by atoms with Crippen LogP contribution in [-0.2, 0) is 9.59 Å². The summed E-state index contributed by atoms with van der Waals surface area (Å²) in [5, 5.41) is 32.9. The maximum Gasteiger partial charge on any atom is 0.306 e. The predicted octanol–water partition coefficient (Wildman–Crippen LogP) is 2.28. The van der Waals surface area contributed by atoms with Crippen molar-refractivity contribution >= 4 is 11.9 Å². The number of carboxylic acid groups (broad SMARTS) is 2. The van der Waals surface area contributed by atoms with E-state index in [0.717, 1.165) is 51.4 Å². The average molecular weight is 342 g/mol.